The van der Waals surface area contributed by atoms with Crippen molar-refractivity contribution in [2.45, 2.75) is 38.0 Å². The number of nitrogens with zero attached hydrogens (tertiary/aromatic N) is 1. The Labute approximate surface area is 224 Å². The topological polar surface area (TPSA) is 80.9 Å². The monoisotopic (exact) mass is 534 g/mol. The minimum Gasteiger partial charge on any atom is -0.497 e. The number of aryl methyl sites for hydroxylation is 1. The van der Waals surface area contributed by atoms with Crippen LogP contribution in [0.2, 0.25) is 0 Å². The van der Waals surface area contributed by atoms with Gasteiger partial charge in [-0.05, 0) is 78.8 Å². The molecule has 1 N–H and O–H groups in total. The number of aromatic amines is 1. The average Bonchev–Trinajstić information content (AvgIpc) is 3.33. The molecule has 0 aliphatic carbocycles. The van der Waals surface area contributed by atoms with Crippen molar-refractivity contribution in [2.24, 2.45) is 0 Å². The molecule has 4 aromatic rings. The summed E-state index contributed by atoms with van der Waals surface area (Å²) in [6, 6.07) is 19.0. The van der Waals surface area contributed by atoms with Crippen molar-refractivity contribution >= 4 is 20.9 Å². The van der Waals surface area contributed by atoms with E-state index >= 15 is 0 Å². The fraction of sp³-hybridized carbons (Fsp3) is 0.333. The van der Waals surface area contributed by atoms with Gasteiger partial charge in [-0.1, -0.05) is 30.3 Å². The predicted octanol–water partition coefficient (Wildman–Crippen LogP) is 5.65. The number of hydrogen-bond donors (Lipinski definition) is 1. The minimum absolute atomic E-state index is 0.0293. The maximum absolute atomic E-state index is 13.8. The van der Waals surface area contributed by atoms with Crippen molar-refractivity contribution < 1.29 is 22.6 Å². The van der Waals surface area contributed by atoms with E-state index in [0.717, 1.165) is 38.9 Å². The van der Waals surface area contributed by atoms with E-state index in [2.05, 4.69) is 4.98 Å². The van der Waals surface area contributed by atoms with Crippen LogP contribution in [0.4, 0.5) is 0 Å². The van der Waals surface area contributed by atoms with Crippen LogP contribution in [0.3, 0.4) is 0 Å². The molecule has 0 saturated heterocycles. The molecule has 3 aromatic carbocycles. The van der Waals surface area contributed by atoms with Crippen molar-refractivity contribution in [1.82, 2.24) is 9.29 Å². The zero-order valence-corrected chi connectivity index (χ0v) is 22.9. The van der Waals surface area contributed by atoms with Crippen molar-refractivity contribution in [3.63, 3.8) is 0 Å². The molecule has 1 aromatic heterocycles. The number of ether oxygens (including phenoxy) is 3. The van der Waals surface area contributed by atoms with Crippen molar-refractivity contribution in [3.8, 4) is 17.2 Å². The van der Waals surface area contributed by atoms with Gasteiger partial charge >= 0.3 is 0 Å². The molecule has 1 aliphatic heterocycles. The quantitative estimate of drug-likeness (QED) is 0.285. The Morgan fingerprint density at radius 2 is 1.82 bits per heavy atom. The second-order valence-electron chi connectivity index (χ2n) is 9.52. The molecule has 0 fully saturated rings. The fourth-order valence-corrected chi connectivity index (χ4v) is 7.15. The zero-order chi connectivity index (χ0) is 26.7. The lowest BCUT2D eigenvalue weighted by molar-refractivity contribution is 0.284. The number of hydrogen-bond acceptors (Lipinski definition) is 5. The van der Waals surface area contributed by atoms with E-state index < -0.39 is 10.0 Å². The summed E-state index contributed by atoms with van der Waals surface area (Å²) in [7, 11) is -0.290. The highest BCUT2D eigenvalue weighted by atomic mass is 32.2. The van der Waals surface area contributed by atoms with E-state index in [1.165, 1.54) is 0 Å². The van der Waals surface area contributed by atoms with Gasteiger partial charge in [-0.15, -0.1) is 0 Å². The summed E-state index contributed by atoms with van der Waals surface area (Å²) in [6.45, 7) is 2.84. The van der Waals surface area contributed by atoms with Crippen LogP contribution < -0.4 is 14.2 Å². The van der Waals surface area contributed by atoms with Gasteiger partial charge in [0.2, 0.25) is 10.0 Å². The Morgan fingerprint density at radius 3 is 2.55 bits per heavy atom. The van der Waals surface area contributed by atoms with Gasteiger partial charge in [0, 0.05) is 23.6 Å². The molecule has 1 atom stereocenters. The number of rotatable bonds is 10. The molecule has 0 bridgehead atoms. The van der Waals surface area contributed by atoms with Crippen LogP contribution in [0, 0.1) is 0 Å². The Kier molecular flexibility index (Phi) is 7.63. The molecule has 8 heteroatoms. The molecule has 0 spiro atoms. The third-order valence-electron chi connectivity index (χ3n) is 7.24. The van der Waals surface area contributed by atoms with Crippen LogP contribution >= 0.6 is 0 Å². The highest BCUT2D eigenvalue weighted by molar-refractivity contribution is 7.88. The van der Waals surface area contributed by atoms with Gasteiger partial charge < -0.3 is 19.2 Å². The van der Waals surface area contributed by atoms with Crippen LogP contribution in [-0.4, -0.2) is 45.1 Å². The lowest BCUT2D eigenvalue weighted by atomic mass is 9.90. The minimum atomic E-state index is -3.58. The fourth-order valence-electron chi connectivity index (χ4n) is 5.40. The summed E-state index contributed by atoms with van der Waals surface area (Å²) in [5.74, 6) is 2.08. The third-order valence-corrected chi connectivity index (χ3v) is 9.09. The summed E-state index contributed by atoms with van der Waals surface area (Å²) in [4.78, 5) is 3.34. The maximum Gasteiger partial charge on any atom is 0.218 e. The molecule has 0 saturated carbocycles. The second-order valence-corrected chi connectivity index (χ2v) is 11.4. The number of sulfonamides is 1. The van der Waals surface area contributed by atoms with Gasteiger partial charge in [-0.2, -0.15) is 4.31 Å². The van der Waals surface area contributed by atoms with E-state index in [9.17, 15) is 8.42 Å². The molecule has 7 nitrogen and oxygen atoms in total. The molecule has 5 rings (SSSR count). The number of aromatic nitrogens is 1. The number of methoxy groups -OCH3 is 2. The third kappa shape index (κ3) is 5.24. The van der Waals surface area contributed by atoms with E-state index in [1.54, 1.807) is 18.5 Å². The van der Waals surface area contributed by atoms with Crippen LogP contribution in [0.25, 0.3) is 10.9 Å². The Hall–Kier alpha value is -3.49. The van der Waals surface area contributed by atoms with E-state index in [4.69, 9.17) is 14.2 Å². The van der Waals surface area contributed by atoms with Gasteiger partial charge in [0.05, 0.1) is 32.6 Å². The first-order valence-corrected chi connectivity index (χ1v) is 14.6. The number of nitrogens with one attached hydrogen (secondary N) is 1. The lowest BCUT2D eigenvalue weighted by Gasteiger charge is -2.37. The largest absolute Gasteiger partial charge is 0.497 e. The van der Waals surface area contributed by atoms with Gasteiger partial charge in [-0.3, -0.25) is 0 Å². The second kappa shape index (κ2) is 11.1. The van der Waals surface area contributed by atoms with E-state index in [0.29, 0.717) is 43.9 Å². The SMILES string of the molecule is CCOc1cc2c(cc1OC)CCN(S(=O)(=O)Cc1ccccc1)[C@H]2CCc1c[nH]c2ccc(OC)cc12. The van der Waals surface area contributed by atoms with E-state index in [-0.39, 0.29) is 11.8 Å². The van der Waals surface area contributed by atoms with Crippen LogP contribution in [0.15, 0.2) is 66.9 Å². The molecule has 200 valence electrons. The molecule has 0 radical (unpaired) electrons. The summed E-state index contributed by atoms with van der Waals surface area (Å²) in [5.41, 5.74) is 5.02. The van der Waals surface area contributed by atoms with Crippen LogP contribution in [-0.2, 0) is 28.6 Å². The molecule has 0 unspecified atom stereocenters. The smallest absolute Gasteiger partial charge is 0.218 e. The van der Waals surface area contributed by atoms with Gasteiger partial charge in [0.1, 0.15) is 5.75 Å². The average molecular weight is 535 g/mol. The van der Waals surface area contributed by atoms with Crippen molar-refractivity contribution in [1.29, 1.82) is 0 Å². The predicted molar refractivity (Wildman–Crippen MR) is 150 cm³/mol. The Bertz CT molecular complexity index is 1510. The first kappa shape index (κ1) is 26.1. The van der Waals surface area contributed by atoms with E-state index in [1.807, 2.05) is 73.8 Å². The summed E-state index contributed by atoms with van der Waals surface area (Å²) in [6.07, 6.45) is 3.96. The number of H-pyrrole nitrogens is 1. The first-order chi connectivity index (χ1) is 18.4. The van der Waals surface area contributed by atoms with Crippen LogP contribution in [0.1, 0.15) is 41.6 Å². The van der Waals surface area contributed by atoms with Gasteiger partial charge in [0.25, 0.3) is 0 Å². The number of benzene rings is 3. The summed E-state index contributed by atoms with van der Waals surface area (Å²) in [5, 5.41) is 1.09. The molecular weight excluding hydrogens is 500 g/mol. The van der Waals surface area contributed by atoms with Crippen molar-refractivity contribution in [2.75, 3.05) is 27.4 Å². The standard InChI is InChI=1S/C30H34N2O5S/c1-4-37-30-18-26-22(16-29(30)36-3)14-15-32(38(33,34)20-21-8-6-5-7-9-21)28(26)13-10-23-19-31-27-12-11-24(35-2)17-25(23)27/h5-9,11-12,16-19,28,31H,4,10,13-15,20H2,1-3H3/t28-/m0/s1. The maximum atomic E-state index is 13.8. The summed E-state index contributed by atoms with van der Waals surface area (Å²) < 4.78 is 46.2. The molecule has 1 aliphatic rings. The number of fused-ring (bicyclic) bond motifs is 2. The van der Waals surface area contributed by atoms with Gasteiger partial charge in [0.15, 0.2) is 11.5 Å². The molecule has 2 heterocycles. The highest BCUT2D eigenvalue weighted by Crippen LogP contribution is 2.42. The highest BCUT2D eigenvalue weighted by Gasteiger charge is 2.36. The van der Waals surface area contributed by atoms with Crippen LogP contribution in [0.5, 0.6) is 17.2 Å². The lowest BCUT2D eigenvalue weighted by Crippen LogP contribution is -2.41. The summed E-state index contributed by atoms with van der Waals surface area (Å²) >= 11 is 0. The normalized spacial score (nSPS) is 15.8. The van der Waals surface area contributed by atoms with Crippen molar-refractivity contribution in [3.05, 3.63) is 89.1 Å². The molecule has 38 heavy (non-hydrogen) atoms. The Balaban J connectivity index is 1.52. The zero-order valence-electron chi connectivity index (χ0n) is 22.1. The Morgan fingerprint density at radius 1 is 1.00 bits per heavy atom. The molecular formula is C30H34N2O5S. The van der Waals surface area contributed by atoms with Gasteiger partial charge in [-0.25, -0.2) is 8.42 Å². The first-order valence-electron chi connectivity index (χ1n) is 12.9. The molecule has 0 amide bonds.